The highest BCUT2D eigenvalue weighted by atomic mass is 16.3. The number of hydrogen-bond donors (Lipinski definition) is 1. The monoisotopic (exact) mass is 204 g/mol. The molecule has 82 valence electrons. The minimum Gasteiger partial charge on any atom is -0.390 e. The Labute approximate surface area is 92.1 Å². The molecule has 15 heavy (non-hydrogen) atoms. The van der Waals surface area contributed by atoms with E-state index in [1.807, 2.05) is 0 Å². The average molecular weight is 204 g/mol. The molecule has 1 heteroatoms. The first kappa shape index (κ1) is 10.7. The second-order valence-electron chi connectivity index (χ2n) is 5.10. The van der Waals surface area contributed by atoms with E-state index in [4.69, 9.17) is 0 Å². The SMILES string of the molecule is Cc1cc(C)c(CCC2(O)CC2)c(C)c1. The zero-order valence-electron chi connectivity index (χ0n) is 9.93. The third-order valence-corrected chi connectivity index (χ3v) is 3.51. The molecule has 1 N–H and O–H groups in total. The Morgan fingerprint density at radius 2 is 1.67 bits per heavy atom. The molecule has 1 saturated carbocycles. The lowest BCUT2D eigenvalue weighted by molar-refractivity contribution is 0.140. The summed E-state index contributed by atoms with van der Waals surface area (Å²) in [6.45, 7) is 6.48. The highest BCUT2D eigenvalue weighted by Gasteiger charge is 2.39. The van der Waals surface area contributed by atoms with Gasteiger partial charge in [-0.25, -0.2) is 0 Å². The van der Waals surface area contributed by atoms with Crippen LogP contribution < -0.4 is 0 Å². The smallest absolute Gasteiger partial charge is 0.0653 e. The van der Waals surface area contributed by atoms with Crippen molar-refractivity contribution >= 4 is 0 Å². The van der Waals surface area contributed by atoms with Gasteiger partial charge < -0.3 is 5.11 Å². The maximum atomic E-state index is 9.83. The first-order valence-corrected chi connectivity index (χ1v) is 5.79. The highest BCUT2D eigenvalue weighted by Crippen LogP contribution is 2.39. The maximum Gasteiger partial charge on any atom is 0.0653 e. The number of aliphatic hydroxyl groups is 1. The highest BCUT2D eigenvalue weighted by molar-refractivity contribution is 5.37. The van der Waals surface area contributed by atoms with Gasteiger partial charge in [0.1, 0.15) is 0 Å². The van der Waals surface area contributed by atoms with Crippen molar-refractivity contribution in [2.24, 2.45) is 0 Å². The van der Waals surface area contributed by atoms with E-state index in [0.29, 0.717) is 0 Å². The lowest BCUT2D eigenvalue weighted by Gasteiger charge is -2.13. The van der Waals surface area contributed by atoms with Gasteiger partial charge in [0, 0.05) is 0 Å². The zero-order valence-corrected chi connectivity index (χ0v) is 9.93. The van der Waals surface area contributed by atoms with Crippen LogP contribution in [0.5, 0.6) is 0 Å². The van der Waals surface area contributed by atoms with Crippen molar-refractivity contribution in [3.8, 4) is 0 Å². The molecule has 0 aliphatic heterocycles. The first-order chi connectivity index (χ1) is 7.00. The quantitative estimate of drug-likeness (QED) is 0.802. The Morgan fingerprint density at radius 1 is 1.13 bits per heavy atom. The van der Waals surface area contributed by atoms with E-state index >= 15 is 0 Å². The van der Waals surface area contributed by atoms with Crippen LogP contribution in [0.1, 0.15) is 41.5 Å². The summed E-state index contributed by atoms with van der Waals surface area (Å²) >= 11 is 0. The molecule has 1 nitrogen and oxygen atoms in total. The molecule has 0 unspecified atom stereocenters. The van der Waals surface area contributed by atoms with Crippen LogP contribution in [0.3, 0.4) is 0 Å². The summed E-state index contributed by atoms with van der Waals surface area (Å²) in [7, 11) is 0. The molecule has 0 bridgehead atoms. The van der Waals surface area contributed by atoms with Crippen LogP contribution in [-0.2, 0) is 6.42 Å². The van der Waals surface area contributed by atoms with Crippen LogP contribution in [0.25, 0.3) is 0 Å². The molecule has 1 aromatic rings. The van der Waals surface area contributed by atoms with Gasteiger partial charge >= 0.3 is 0 Å². The van der Waals surface area contributed by atoms with Crippen molar-refractivity contribution in [2.75, 3.05) is 0 Å². The third kappa shape index (κ3) is 2.40. The molecule has 1 aromatic carbocycles. The fourth-order valence-electron chi connectivity index (χ4n) is 2.36. The molecule has 2 rings (SSSR count). The normalized spacial score (nSPS) is 17.9. The second kappa shape index (κ2) is 3.64. The van der Waals surface area contributed by atoms with E-state index in [1.54, 1.807) is 0 Å². The van der Waals surface area contributed by atoms with Crippen LogP contribution in [-0.4, -0.2) is 10.7 Å². The van der Waals surface area contributed by atoms with Gasteiger partial charge in [0.05, 0.1) is 5.60 Å². The first-order valence-electron chi connectivity index (χ1n) is 5.79. The summed E-state index contributed by atoms with van der Waals surface area (Å²) in [4.78, 5) is 0. The van der Waals surface area contributed by atoms with Gasteiger partial charge in [0.15, 0.2) is 0 Å². The Kier molecular flexibility index (Phi) is 2.59. The molecule has 1 fully saturated rings. The zero-order chi connectivity index (χ0) is 11.1. The fourth-order valence-corrected chi connectivity index (χ4v) is 2.36. The van der Waals surface area contributed by atoms with Crippen LogP contribution >= 0.6 is 0 Å². The van der Waals surface area contributed by atoms with Crippen molar-refractivity contribution in [3.05, 3.63) is 34.4 Å². The molecular formula is C14H20O. The summed E-state index contributed by atoms with van der Waals surface area (Å²) < 4.78 is 0. The van der Waals surface area contributed by atoms with Crippen LogP contribution in [0.2, 0.25) is 0 Å². The second-order valence-corrected chi connectivity index (χ2v) is 5.10. The largest absolute Gasteiger partial charge is 0.390 e. The van der Waals surface area contributed by atoms with Crippen molar-refractivity contribution in [1.82, 2.24) is 0 Å². The molecule has 0 amide bonds. The standard InChI is InChI=1S/C14H20O/c1-10-8-11(2)13(12(3)9-10)4-5-14(15)6-7-14/h8-9,15H,4-7H2,1-3H3. The van der Waals surface area contributed by atoms with E-state index in [2.05, 4.69) is 32.9 Å². The predicted molar refractivity (Wildman–Crippen MR) is 63.2 cm³/mol. The van der Waals surface area contributed by atoms with Gasteiger partial charge in [-0.15, -0.1) is 0 Å². The molecule has 0 spiro atoms. The van der Waals surface area contributed by atoms with Gasteiger partial charge in [-0.1, -0.05) is 17.7 Å². The minimum atomic E-state index is -0.316. The third-order valence-electron chi connectivity index (χ3n) is 3.51. The van der Waals surface area contributed by atoms with Gasteiger partial charge in [0.2, 0.25) is 0 Å². The van der Waals surface area contributed by atoms with E-state index in [-0.39, 0.29) is 5.60 Å². The van der Waals surface area contributed by atoms with Crippen LogP contribution in [0, 0.1) is 20.8 Å². The van der Waals surface area contributed by atoms with Gasteiger partial charge in [0.25, 0.3) is 0 Å². The topological polar surface area (TPSA) is 20.2 Å². The van der Waals surface area contributed by atoms with E-state index < -0.39 is 0 Å². The number of aryl methyl sites for hydroxylation is 3. The lowest BCUT2D eigenvalue weighted by atomic mass is 9.95. The Balaban J connectivity index is 2.13. The lowest BCUT2D eigenvalue weighted by Crippen LogP contribution is -2.09. The molecule has 0 saturated heterocycles. The van der Waals surface area contributed by atoms with Crippen LogP contribution in [0.4, 0.5) is 0 Å². The molecule has 0 atom stereocenters. The minimum absolute atomic E-state index is 0.316. The summed E-state index contributed by atoms with van der Waals surface area (Å²) in [6.07, 6.45) is 3.94. The Bertz CT molecular complexity index is 352. The summed E-state index contributed by atoms with van der Waals surface area (Å²) in [6, 6.07) is 4.47. The van der Waals surface area contributed by atoms with E-state index in [0.717, 1.165) is 25.7 Å². The van der Waals surface area contributed by atoms with Crippen LogP contribution in [0.15, 0.2) is 12.1 Å². The summed E-state index contributed by atoms with van der Waals surface area (Å²) in [5.74, 6) is 0. The summed E-state index contributed by atoms with van der Waals surface area (Å²) in [5.41, 5.74) is 5.19. The van der Waals surface area contributed by atoms with Crippen molar-refractivity contribution in [1.29, 1.82) is 0 Å². The average Bonchev–Trinajstić information content (AvgIpc) is 2.82. The number of benzene rings is 1. The molecule has 1 aliphatic carbocycles. The molecule has 0 aromatic heterocycles. The van der Waals surface area contributed by atoms with Crippen molar-refractivity contribution < 1.29 is 5.11 Å². The van der Waals surface area contributed by atoms with Gasteiger partial charge in [-0.2, -0.15) is 0 Å². The van der Waals surface area contributed by atoms with Gasteiger partial charge in [-0.05, 0) is 63.1 Å². The van der Waals surface area contributed by atoms with E-state index in [1.165, 1.54) is 22.3 Å². The van der Waals surface area contributed by atoms with Gasteiger partial charge in [-0.3, -0.25) is 0 Å². The fraction of sp³-hybridized carbons (Fsp3) is 0.571. The number of rotatable bonds is 3. The maximum absolute atomic E-state index is 9.83. The predicted octanol–water partition coefficient (Wildman–Crippen LogP) is 3.07. The molecule has 1 aliphatic rings. The Hall–Kier alpha value is -0.820. The molecular weight excluding hydrogens is 184 g/mol. The summed E-state index contributed by atoms with van der Waals surface area (Å²) in [5, 5.41) is 9.83. The van der Waals surface area contributed by atoms with Crippen molar-refractivity contribution in [3.63, 3.8) is 0 Å². The Morgan fingerprint density at radius 3 is 2.13 bits per heavy atom. The van der Waals surface area contributed by atoms with E-state index in [9.17, 15) is 5.11 Å². The number of hydrogen-bond acceptors (Lipinski definition) is 1. The van der Waals surface area contributed by atoms with Crippen molar-refractivity contribution in [2.45, 2.75) is 52.1 Å². The molecule has 0 radical (unpaired) electrons. The molecule has 0 heterocycles.